The van der Waals surface area contributed by atoms with E-state index in [1.165, 1.54) is 6.07 Å². The first-order valence-corrected chi connectivity index (χ1v) is 8.67. The first kappa shape index (κ1) is 19.9. The summed E-state index contributed by atoms with van der Waals surface area (Å²) in [5.74, 6) is 0.0675. The largest absolute Gasteiger partial charge is 0.417 e. The van der Waals surface area contributed by atoms with Gasteiger partial charge in [-0.3, -0.25) is 4.79 Å². The van der Waals surface area contributed by atoms with Crippen LogP contribution in [0, 0.1) is 0 Å². The molecule has 0 aliphatic carbocycles. The molecule has 1 unspecified atom stereocenters. The highest BCUT2D eigenvalue weighted by atomic mass is 35.5. The average Bonchev–Trinajstić information content (AvgIpc) is 3.10. The molecule has 1 heterocycles. The fourth-order valence-corrected chi connectivity index (χ4v) is 2.77. The van der Waals surface area contributed by atoms with Gasteiger partial charge in [0.2, 0.25) is 11.7 Å². The number of halogens is 4. The topological polar surface area (TPSA) is 68.0 Å². The van der Waals surface area contributed by atoms with Crippen molar-refractivity contribution in [2.24, 2.45) is 0 Å². The Bertz CT molecular complexity index is 974. The van der Waals surface area contributed by atoms with Crippen LogP contribution in [0.25, 0.3) is 11.4 Å². The number of alkyl halides is 3. The van der Waals surface area contributed by atoms with Gasteiger partial charge in [-0.2, -0.15) is 18.2 Å². The normalized spacial score (nSPS) is 12.6. The summed E-state index contributed by atoms with van der Waals surface area (Å²) in [6.45, 7) is 1.69. The summed E-state index contributed by atoms with van der Waals surface area (Å²) in [5, 5.41) is 6.04. The Morgan fingerprint density at radius 1 is 1.21 bits per heavy atom. The maximum atomic E-state index is 12.9. The molecule has 146 valence electrons. The molecule has 1 N–H and O–H groups in total. The molecule has 3 rings (SSSR count). The van der Waals surface area contributed by atoms with E-state index in [0.717, 1.165) is 17.7 Å². The molecule has 1 amide bonds. The zero-order chi connectivity index (χ0) is 20.3. The van der Waals surface area contributed by atoms with Crippen molar-refractivity contribution < 1.29 is 22.5 Å². The molecule has 0 saturated heterocycles. The molecule has 0 radical (unpaired) electrons. The molecule has 2 aromatic carbocycles. The zero-order valence-electron chi connectivity index (χ0n) is 14.6. The Labute approximate surface area is 163 Å². The molecule has 0 aliphatic rings. The van der Waals surface area contributed by atoms with Crippen LogP contribution in [-0.4, -0.2) is 22.1 Å². The molecule has 9 heteroatoms. The summed E-state index contributed by atoms with van der Waals surface area (Å²) in [6, 6.07) is 11.8. The minimum absolute atomic E-state index is 0.140. The number of aromatic nitrogens is 2. The Morgan fingerprint density at radius 3 is 2.61 bits per heavy atom. The molecular weight excluding hydrogens is 395 g/mol. The van der Waals surface area contributed by atoms with E-state index in [1.54, 1.807) is 6.92 Å². The number of carbonyl (C=O) groups excluding carboxylic acids is 1. The van der Waals surface area contributed by atoms with Gasteiger partial charge >= 0.3 is 6.18 Å². The smallest absolute Gasteiger partial charge is 0.349 e. The Balaban J connectivity index is 1.66. The van der Waals surface area contributed by atoms with Gasteiger partial charge in [-0.15, -0.1) is 0 Å². The summed E-state index contributed by atoms with van der Waals surface area (Å²) >= 11 is 5.57. The van der Waals surface area contributed by atoms with Crippen molar-refractivity contribution in [3.05, 3.63) is 70.6 Å². The van der Waals surface area contributed by atoms with E-state index >= 15 is 0 Å². The Hall–Kier alpha value is -2.87. The van der Waals surface area contributed by atoms with Crippen molar-refractivity contribution in [2.45, 2.75) is 25.6 Å². The van der Waals surface area contributed by atoms with Gasteiger partial charge in [0.25, 0.3) is 5.91 Å². The second-order valence-corrected chi connectivity index (χ2v) is 6.56. The van der Waals surface area contributed by atoms with Gasteiger partial charge in [0.05, 0.1) is 10.6 Å². The summed E-state index contributed by atoms with van der Waals surface area (Å²) in [4.78, 5) is 16.5. The molecule has 0 aliphatic heterocycles. The number of amides is 1. The van der Waals surface area contributed by atoms with Crippen molar-refractivity contribution in [2.75, 3.05) is 0 Å². The second-order valence-electron chi connectivity index (χ2n) is 6.15. The number of hydrogen-bond acceptors (Lipinski definition) is 4. The number of nitrogens with one attached hydrogen (secondary N) is 1. The highest BCUT2D eigenvalue weighted by Gasteiger charge is 2.34. The van der Waals surface area contributed by atoms with Gasteiger partial charge in [-0.05, 0) is 25.1 Å². The number of rotatable bonds is 5. The Morgan fingerprint density at radius 2 is 1.93 bits per heavy atom. The number of benzene rings is 2. The van der Waals surface area contributed by atoms with Crippen molar-refractivity contribution in [1.82, 2.24) is 15.5 Å². The standard InChI is InChI=1S/C19H15ClF3N3O2/c1-11(9-16-25-17(26-28-16)12-5-3-2-4-6-12)24-18(27)13-7-8-15(20)14(10-13)19(21,22)23/h2-8,10-11H,9H2,1H3,(H,24,27). The zero-order valence-corrected chi connectivity index (χ0v) is 15.4. The van der Waals surface area contributed by atoms with Gasteiger partial charge in [0, 0.05) is 23.6 Å². The van der Waals surface area contributed by atoms with Crippen LogP contribution in [0.4, 0.5) is 13.2 Å². The molecule has 1 atom stereocenters. The minimum Gasteiger partial charge on any atom is -0.349 e. The Kier molecular flexibility index (Phi) is 5.69. The van der Waals surface area contributed by atoms with E-state index < -0.39 is 28.7 Å². The van der Waals surface area contributed by atoms with Gasteiger partial charge in [-0.25, -0.2) is 0 Å². The third-order valence-corrected chi connectivity index (χ3v) is 4.22. The van der Waals surface area contributed by atoms with Gasteiger partial charge in [-0.1, -0.05) is 47.1 Å². The SMILES string of the molecule is CC(Cc1nc(-c2ccccc2)no1)NC(=O)c1ccc(Cl)c(C(F)(F)F)c1. The number of nitrogens with zero attached hydrogens (tertiary/aromatic N) is 2. The van der Waals surface area contributed by atoms with Gasteiger partial charge in [0.1, 0.15) is 0 Å². The van der Waals surface area contributed by atoms with Crippen LogP contribution in [0.3, 0.4) is 0 Å². The molecule has 1 aromatic heterocycles. The summed E-state index contributed by atoms with van der Waals surface area (Å²) in [5.41, 5.74) is -0.409. The molecule has 28 heavy (non-hydrogen) atoms. The third kappa shape index (κ3) is 4.69. The fourth-order valence-electron chi connectivity index (χ4n) is 2.55. The maximum Gasteiger partial charge on any atom is 0.417 e. The molecular formula is C19H15ClF3N3O2. The van der Waals surface area contributed by atoms with Crippen molar-refractivity contribution in [3.8, 4) is 11.4 Å². The highest BCUT2D eigenvalue weighted by Crippen LogP contribution is 2.35. The van der Waals surface area contributed by atoms with E-state index in [1.807, 2.05) is 30.3 Å². The van der Waals surface area contributed by atoms with Crippen LogP contribution in [0.5, 0.6) is 0 Å². The first-order chi connectivity index (χ1) is 13.2. The van der Waals surface area contributed by atoms with Crippen LogP contribution in [-0.2, 0) is 12.6 Å². The van der Waals surface area contributed by atoms with Crippen molar-refractivity contribution >= 4 is 17.5 Å². The van der Waals surface area contributed by atoms with Crippen molar-refractivity contribution in [3.63, 3.8) is 0 Å². The summed E-state index contributed by atoms with van der Waals surface area (Å²) in [7, 11) is 0. The first-order valence-electron chi connectivity index (χ1n) is 8.29. The number of hydrogen-bond donors (Lipinski definition) is 1. The lowest BCUT2D eigenvalue weighted by atomic mass is 10.1. The summed E-state index contributed by atoms with van der Waals surface area (Å²) in [6.07, 6.45) is -4.41. The van der Waals surface area contributed by atoms with E-state index in [-0.39, 0.29) is 12.0 Å². The maximum absolute atomic E-state index is 12.9. The molecule has 0 spiro atoms. The lowest BCUT2D eigenvalue weighted by Crippen LogP contribution is -2.34. The van der Waals surface area contributed by atoms with E-state index in [2.05, 4.69) is 15.5 Å². The number of carbonyl (C=O) groups is 1. The van der Waals surface area contributed by atoms with Gasteiger partial charge < -0.3 is 9.84 Å². The quantitative estimate of drug-likeness (QED) is 0.659. The molecule has 3 aromatic rings. The molecule has 0 saturated carbocycles. The van der Waals surface area contributed by atoms with Crippen LogP contribution in [0.15, 0.2) is 53.1 Å². The van der Waals surface area contributed by atoms with Crippen LogP contribution in [0.2, 0.25) is 5.02 Å². The lowest BCUT2D eigenvalue weighted by molar-refractivity contribution is -0.137. The highest BCUT2D eigenvalue weighted by molar-refractivity contribution is 6.31. The van der Waals surface area contributed by atoms with Crippen LogP contribution < -0.4 is 5.32 Å². The molecule has 0 fully saturated rings. The predicted molar refractivity (Wildman–Crippen MR) is 96.8 cm³/mol. The van der Waals surface area contributed by atoms with E-state index in [0.29, 0.717) is 11.7 Å². The fraction of sp³-hybridized carbons (Fsp3) is 0.211. The van der Waals surface area contributed by atoms with Crippen LogP contribution >= 0.6 is 11.6 Å². The average molecular weight is 410 g/mol. The molecule has 5 nitrogen and oxygen atoms in total. The lowest BCUT2D eigenvalue weighted by Gasteiger charge is -2.14. The van der Waals surface area contributed by atoms with Gasteiger partial charge in [0.15, 0.2) is 0 Å². The molecule has 0 bridgehead atoms. The predicted octanol–water partition coefficient (Wildman–Crippen LogP) is 4.77. The van der Waals surface area contributed by atoms with Crippen LogP contribution in [0.1, 0.15) is 28.7 Å². The van der Waals surface area contributed by atoms with E-state index in [4.69, 9.17) is 16.1 Å². The van der Waals surface area contributed by atoms with Crippen molar-refractivity contribution in [1.29, 1.82) is 0 Å². The summed E-state index contributed by atoms with van der Waals surface area (Å²) < 4.78 is 44.0. The third-order valence-electron chi connectivity index (χ3n) is 3.89. The monoisotopic (exact) mass is 409 g/mol. The second kappa shape index (κ2) is 8.02. The minimum atomic E-state index is -4.64. The van der Waals surface area contributed by atoms with E-state index in [9.17, 15) is 18.0 Å².